The van der Waals surface area contributed by atoms with Crippen molar-refractivity contribution in [3.8, 4) is 0 Å². The van der Waals surface area contributed by atoms with Gasteiger partial charge < -0.3 is 24.8 Å². The smallest absolute Gasteiger partial charge is 0.274 e. The van der Waals surface area contributed by atoms with Crippen LogP contribution in [-0.2, 0) is 16.0 Å². The molecule has 4 rings (SSSR count). The molecule has 3 heterocycles. The number of rotatable bonds is 10. The van der Waals surface area contributed by atoms with E-state index in [1.54, 1.807) is 41.6 Å². The van der Waals surface area contributed by atoms with Crippen LogP contribution in [0.25, 0.3) is 5.65 Å². The normalized spacial score (nSPS) is 16.9. The van der Waals surface area contributed by atoms with Crippen LogP contribution in [0.2, 0.25) is 0 Å². The fraction of sp³-hybridized carbons (Fsp3) is 0.484. The van der Waals surface area contributed by atoms with Gasteiger partial charge in [0.1, 0.15) is 23.2 Å². The minimum absolute atomic E-state index is 0.143. The zero-order chi connectivity index (χ0) is 29.7. The monoisotopic (exact) mass is 564 g/mol. The molecule has 1 aliphatic heterocycles. The van der Waals surface area contributed by atoms with Gasteiger partial charge in [-0.1, -0.05) is 39.0 Å². The molecule has 9 nitrogen and oxygen atoms in total. The first-order valence-corrected chi connectivity index (χ1v) is 14.2. The molecule has 0 saturated carbocycles. The first-order valence-electron chi connectivity index (χ1n) is 14.2. The number of likely N-dealkylation sites (tertiary alicyclic amines) is 1. The third-order valence-electron chi connectivity index (χ3n) is 7.77. The molecule has 1 aromatic carbocycles. The van der Waals surface area contributed by atoms with Gasteiger partial charge >= 0.3 is 0 Å². The third kappa shape index (κ3) is 7.30. The molecule has 3 atom stereocenters. The van der Waals surface area contributed by atoms with Gasteiger partial charge in [0, 0.05) is 38.1 Å². The molecule has 1 aliphatic rings. The van der Waals surface area contributed by atoms with Crippen LogP contribution in [0.3, 0.4) is 0 Å². The van der Waals surface area contributed by atoms with Crippen molar-refractivity contribution < 1.29 is 18.8 Å². The SMILES string of the molecule is CNC(C)C(=O)NC(C(=O)N1CCCC1CN(CCc1ccc(F)cc1)C(=O)c1cn2ccccc2n1)C(C)(C)C. The van der Waals surface area contributed by atoms with Crippen molar-refractivity contribution in [3.63, 3.8) is 0 Å². The van der Waals surface area contributed by atoms with E-state index in [-0.39, 0.29) is 29.6 Å². The lowest BCUT2D eigenvalue weighted by Gasteiger charge is -2.37. The number of carbonyl (C=O) groups excluding carboxylic acids is 3. The molecule has 3 aromatic rings. The number of amides is 3. The van der Waals surface area contributed by atoms with Crippen molar-refractivity contribution in [2.24, 2.45) is 5.41 Å². The Kier molecular flexibility index (Phi) is 9.42. The summed E-state index contributed by atoms with van der Waals surface area (Å²) in [6, 6.07) is 10.5. The molecule has 220 valence electrons. The summed E-state index contributed by atoms with van der Waals surface area (Å²) in [7, 11) is 1.70. The minimum Gasteiger partial charge on any atom is -0.342 e. The van der Waals surface area contributed by atoms with Crippen LogP contribution in [0.5, 0.6) is 0 Å². The van der Waals surface area contributed by atoms with Gasteiger partial charge in [-0.2, -0.15) is 0 Å². The van der Waals surface area contributed by atoms with Crippen LogP contribution in [0, 0.1) is 11.2 Å². The summed E-state index contributed by atoms with van der Waals surface area (Å²) in [5.41, 5.74) is 1.40. The topological polar surface area (TPSA) is 99.0 Å². The van der Waals surface area contributed by atoms with Gasteiger partial charge in [0.25, 0.3) is 5.91 Å². The van der Waals surface area contributed by atoms with Gasteiger partial charge in [-0.05, 0) is 68.5 Å². The van der Waals surface area contributed by atoms with E-state index in [9.17, 15) is 18.8 Å². The number of nitrogens with one attached hydrogen (secondary N) is 2. The molecule has 1 saturated heterocycles. The summed E-state index contributed by atoms with van der Waals surface area (Å²) in [6.45, 7) is 8.84. The number of nitrogens with zero attached hydrogens (tertiary/aromatic N) is 4. The molecule has 1 fully saturated rings. The number of hydrogen-bond donors (Lipinski definition) is 2. The zero-order valence-electron chi connectivity index (χ0n) is 24.6. The lowest BCUT2D eigenvalue weighted by molar-refractivity contribution is -0.140. The van der Waals surface area contributed by atoms with Gasteiger partial charge in [-0.25, -0.2) is 9.37 Å². The highest BCUT2D eigenvalue weighted by molar-refractivity contribution is 5.93. The van der Waals surface area contributed by atoms with Gasteiger partial charge in [0.2, 0.25) is 11.8 Å². The molecule has 0 bridgehead atoms. The Labute approximate surface area is 241 Å². The van der Waals surface area contributed by atoms with Crippen molar-refractivity contribution in [3.05, 3.63) is 71.9 Å². The molecular weight excluding hydrogens is 523 g/mol. The van der Waals surface area contributed by atoms with E-state index in [2.05, 4.69) is 15.6 Å². The fourth-order valence-electron chi connectivity index (χ4n) is 5.17. The van der Waals surface area contributed by atoms with Crippen molar-refractivity contribution in [1.82, 2.24) is 29.8 Å². The van der Waals surface area contributed by atoms with Crippen LogP contribution < -0.4 is 10.6 Å². The number of likely N-dealkylation sites (N-methyl/N-ethyl adjacent to an activating group) is 1. The van der Waals surface area contributed by atoms with E-state index >= 15 is 0 Å². The lowest BCUT2D eigenvalue weighted by Crippen LogP contribution is -2.59. The predicted octanol–water partition coefficient (Wildman–Crippen LogP) is 3.29. The van der Waals surface area contributed by atoms with Gasteiger partial charge in [0.15, 0.2) is 0 Å². The highest BCUT2D eigenvalue weighted by atomic mass is 19.1. The largest absolute Gasteiger partial charge is 0.342 e. The molecule has 3 amide bonds. The zero-order valence-corrected chi connectivity index (χ0v) is 24.6. The maximum absolute atomic E-state index is 13.9. The first-order chi connectivity index (χ1) is 19.5. The van der Waals surface area contributed by atoms with Crippen molar-refractivity contribution in [2.75, 3.05) is 26.7 Å². The number of carbonyl (C=O) groups is 3. The number of imidazole rings is 1. The van der Waals surface area contributed by atoms with Crippen LogP contribution in [0.1, 0.15) is 56.6 Å². The summed E-state index contributed by atoms with van der Waals surface area (Å²) in [5, 5.41) is 5.88. The Bertz CT molecular complexity index is 1330. The second kappa shape index (κ2) is 12.8. The quantitative estimate of drug-likeness (QED) is 0.394. The maximum atomic E-state index is 13.9. The number of pyridine rings is 1. The molecule has 2 aromatic heterocycles. The Morgan fingerprint density at radius 1 is 1.15 bits per heavy atom. The second-order valence-electron chi connectivity index (χ2n) is 11.9. The van der Waals surface area contributed by atoms with E-state index in [0.717, 1.165) is 18.4 Å². The standard InChI is InChI=1S/C31H41FN6O3/c1-21(33-5)28(39)35-27(31(2,3)4)30(41)38-17-8-9-24(38)19-37(18-15-22-11-13-23(32)14-12-22)29(40)25-20-36-16-7-6-10-26(36)34-25/h6-7,10-14,16,20-21,24,27,33H,8-9,15,17-19H2,1-5H3,(H,35,39). The number of halogens is 1. The summed E-state index contributed by atoms with van der Waals surface area (Å²) >= 11 is 0. The van der Waals surface area contributed by atoms with E-state index in [1.165, 1.54) is 12.1 Å². The van der Waals surface area contributed by atoms with Crippen molar-refractivity contribution >= 4 is 23.4 Å². The third-order valence-corrected chi connectivity index (χ3v) is 7.77. The second-order valence-corrected chi connectivity index (χ2v) is 11.9. The minimum atomic E-state index is -0.715. The Hall–Kier alpha value is -3.79. The molecular formula is C31H41FN6O3. The van der Waals surface area contributed by atoms with E-state index in [0.29, 0.717) is 37.4 Å². The fourth-order valence-corrected chi connectivity index (χ4v) is 5.17. The number of hydrogen-bond acceptors (Lipinski definition) is 5. The van der Waals surface area contributed by atoms with E-state index in [4.69, 9.17) is 0 Å². The highest BCUT2D eigenvalue weighted by Crippen LogP contribution is 2.27. The van der Waals surface area contributed by atoms with Gasteiger partial charge in [-0.15, -0.1) is 0 Å². The lowest BCUT2D eigenvalue weighted by atomic mass is 9.85. The van der Waals surface area contributed by atoms with E-state index < -0.39 is 17.5 Å². The molecule has 0 radical (unpaired) electrons. The van der Waals surface area contributed by atoms with Gasteiger partial charge in [-0.3, -0.25) is 14.4 Å². The molecule has 10 heteroatoms. The van der Waals surface area contributed by atoms with Crippen LogP contribution in [-0.4, -0.2) is 81.7 Å². The van der Waals surface area contributed by atoms with Crippen LogP contribution in [0.4, 0.5) is 4.39 Å². The highest BCUT2D eigenvalue weighted by Gasteiger charge is 2.41. The molecule has 0 spiro atoms. The Morgan fingerprint density at radius 3 is 2.54 bits per heavy atom. The molecule has 3 unspecified atom stereocenters. The average Bonchev–Trinajstić information content (AvgIpc) is 3.60. The number of fused-ring (bicyclic) bond motifs is 1. The van der Waals surface area contributed by atoms with Crippen molar-refractivity contribution in [2.45, 2.75) is 65.1 Å². The number of aromatic nitrogens is 2. The molecule has 2 N–H and O–H groups in total. The van der Waals surface area contributed by atoms with Gasteiger partial charge in [0.05, 0.1) is 6.04 Å². The summed E-state index contributed by atoms with van der Waals surface area (Å²) in [4.78, 5) is 48.6. The summed E-state index contributed by atoms with van der Waals surface area (Å²) in [6.07, 6.45) is 5.64. The maximum Gasteiger partial charge on any atom is 0.274 e. The molecule has 0 aliphatic carbocycles. The Balaban J connectivity index is 1.57. The first kappa shape index (κ1) is 30.2. The summed E-state index contributed by atoms with van der Waals surface area (Å²) in [5.74, 6) is -0.912. The van der Waals surface area contributed by atoms with E-state index in [1.807, 2.05) is 50.1 Å². The van der Waals surface area contributed by atoms with Crippen molar-refractivity contribution in [1.29, 1.82) is 0 Å². The Morgan fingerprint density at radius 2 is 1.88 bits per heavy atom. The van der Waals surface area contributed by atoms with Crippen LogP contribution in [0.15, 0.2) is 54.9 Å². The molecule has 41 heavy (non-hydrogen) atoms. The predicted molar refractivity (Wildman–Crippen MR) is 156 cm³/mol. The van der Waals surface area contributed by atoms with Crippen LogP contribution >= 0.6 is 0 Å². The number of benzene rings is 1. The average molecular weight is 565 g/mol. The summed E-state index contributed by atoms with van der Waals surface area (Å²) < 4.78 is 15.3.